The summed E-state index contributed by atoms with van der Waals surface area (Å²) in [6, 6.07) is 7.98. The molecule has 3 rings (SSSR count). The Morgan fingerprint density at radius 2 is 2.22 bits per heavy atom. The van der Waals surface area contributed by atoms with Gasteiger partial charge in [-0.1, -0.05) is 43.4 Å². The van der Waals surface area contributed by atoms with E-state index in [1.807, 2.05) is 31.3 Å². The average Bonchev–Trinajstić information content (AvgIpc) is 2.95. The number of rotatable bonds is 5. The highest BCUT2D eigenvalue weighted by Crippen LogP contribution is 2.44. The molecule has 5 nitrogen and oxygen atoms in total. The third-order valence-corrected chi connectivity index (χ3v) is 4.88. The first-order valence-corrected chi connectivity index (χ1v) is 8.60. The van der Waals surface area contributed by atoms with Crippen LogP contribution in [0.15, 0.2) is 24.3 Å². The number of ether oxygens (including phenoxy) is 1. The number of para-hydroxylation sites is 1. The maximum absolute atomic E-state index is 12.1. The zero-order valence-corrected chi connectivity index (χ0v) is 14.4. The fourth-order valence-electron chi connectivity index (χ4n) is 2.63. The van der Waals surface area contributed by atoms with Crippen LogP contribution in [0.25, 0.3) is 0 Å². The SMILES string of the molecule is CNc1nc2c(s1)[C@H](c1ccccc1OCC(C)C)CC(=O)N2. The molecule has 2 N–H and O–H groups in total. The number of nitrogens with zero attached hydrogens (tertiary/aromatic N) is 1. The minimum Gasteiger partial charge on any atom is -0.493 e. The third kappa shape index (κ3) is 3.32. The fourth-order valence-corrected chi connectivity index (χ4v) is 3.63. The zero-order chi connectivity index (χ0) is 16.4. The molecule has 0 unspecified atom stereocenters. The number of fused-ring (bicyclic) bond motifs is 1. The standard InChI is InChI=1S/C17H21N3O2S/c1-10(2)9-22-13-7-5-4-6-11(13)12-8-14(21)19-16-15(12)23-17(18-3)20-16/h4-7,10,12H,8-9H2,1-3H3,(H,18,20)(H,19,21)/t12-/m0/s1. The topological polar surface area (TPSA) is 63.3 Å². The Morgan fingerprint density at radius 1 is 1.43 bits per heavy atom. The number of nitrogens with one attached hydrogen (secondary N) is 2. The molecule has 0 radical (unpaired) electrons. The van der Waals surface area contributed by atoms with Crippen molar-refractivity contribution in [3.63, 3.8) is 0 Å². The van der Waals surface area contributed by atoms with E-state index >= 15 is 0 Å². The van der Waals surface area contributed by atoms with Crippen molar-refractivity contribution in [2.45, 2.75) is 26.2 Å². The van der Waals surface area contributed by atoms with Crippen molar-refractivity contribution in [2.24, 2.45) is 5.92 Å². The van der Waals surface area contributed by atoms with E-state index in [1.165, 1.54) is 0 Å². The number of thiazole rings is 1. The zero-order valence-electron chi connectivity index (χ0n) is 13.6. The molecule has 1 aliphatic rings. The molecule has 0 saturated carbocycles. The lowest BCUT2D eigenvalue weighted by molar-refractivity contribution is -0.116. The van der Waals surface area contributed by atoms with Crippen LogP contribution >= 0.6 is 11.3 Å². The van der Waals surface area contributed by atoms with E-state index in [0.29, 0.717) is 24.8 Å². The molecule has 0 aliphatic carbocycles. The van der Waals surface area contributed by atoms with Gasteiger partial charge in [0.05, 0.1) is 11.5 Å². The Morgan fingerprint density at radius 3 is 2.96 bits per heavy atom. The summed E-state index contributed by atoms with van der Waals surface area (Å²) in [5, 5.41) is 6.72. The maximum Gasteiger partial charge on any atom is 0.226 e. The number of carbonyl (C=O) groups excluding carboxylic acids is 1. The lowest BCUT2D eigenvalue weighted by Crippen LogP contribution is -2.23. The summed E-state index contributed by atoms with van der Waals surface area (Å²) in [6.07, 6.45) is 0.417. The third-order valence-electron chi connectivity index (χ3n) is 3.70. The second-order valence-corrected chi connectivity index (χ2v) is 7.06. The summed E-state index contributed by atoms with van der Waals surface area (Å²) >= 11 is 1.58. The van der Waals surface area contributed by atoms with Gasteiger partial charge in [-0.3, -0.25) is 4.79 Å². The van der Waals surface area contributed by atoms with Crippen molar-refractivity contribution in [1.82, 2.24) is 4.98 Å². The number of hydrogen-bond acceptors (Lipinski definition) is 5. The van der Waals surface area contributed by atoms with Crippen LogP contribution in [0.2, 0.25) is 0 Å². The molecule has 122 valence electrons. The molecule has 0 spiro atoms. The largest absolute Gasteiger partial charge is 0.493 e. The summed E-state index contributed by atoms with van der Waals surface area (Å²) < 4.78 is 5.97. The number of benzene rings is 1. The Labute approximate surface area is 140 Å². The van der Waals surface area contributed by atoms with E-state index in [1.54, 1.807) is 11.3 Å². The molecule has 0 saturated heterocycles. The van der Waals surface area contributed by atoms with E-state index in [0.717, 1.165) is 21.3 Å². The van der Waals surface area contributed by atoms with Crippen LogP contribution in [0.5, 0.6) is 5.75 Å². The molecule has 1 aromatic carbocycles. The van der Waals surface area contributed by atoms with Crippen molar-refractivity contribution < 1.29 is 9.53 Å². The second kappa shape index (κ2) is 6.58. The fraction of sp³-hybridized carbons (Fsp3) is 0.412. The van der Waals surface area contributed by atoms with Crippen LogP contribution in [0.3, 0.4) is 0 Å². The van der Waals surface area contributed by atoms with Crippen LogP contribution in [-0.2, 0) is 4.79 Å². The molecule has 1 aromatic heterocycles. The Bertz CT molecular complexity index is 712. The molecule has 1 aliphatic heterocycles. The monoisotopic (exact) mass is 331 g/mol. The van der Waals surface area contributed by atoms with Crippen LogP contribution in [0.1, 0.15) is 36.6 Å². The number of carbonyl (C=O) groups is 1. The van der Waals surface area contributed by atoms with E-state index < -0.39 is 0 Å². The highest BCUT2D eigenvalue weighted by Gasteiger charge is 2.31. The molecular weight excluding hydrogens is 310 g/mol. The van der Waals surface area contributed by atoms with Gasteiger partial charge in [0.2, 0.25) is 5.91 Å². The lowest BCUT2D eigenvalue weighted by atomic mass is 9.91. The summed E-state index contributed by atoms with van der Waals surface area (Å²) in [5.41, 5.74) is 1.05. The van der Waals surface area contributed by atoms with Crippen molar-refractivity contribution >= 4 is 28.2 Å². The van der Waals surface area contributed by atoms with Gasteiger partial charge in [0, 0.05) is 24.9 Å². The summed E-state index contributed by atoms with van der Waals surface area (Å²) in [7, 11) is 1.83. The van der Waals surface area contributed by atoms with Crippen molar-refractivity contribution in [3.05, 3.63) is 34.7 Å². The molecule has 1 amide bonds. The molecule has 23 heavy (non-hydrogen) atoms. The highest BCUT2D eigenvalue weighted by molar-refractivity contribution is 7.16. The van der Waals surface area contributed by atoms with Gasteiger partial charge in [-0.25, -0.2) is 4.98 Å². The van der Waals surface area contributed by atoms with Gasteiger partial charge in [-0.05, 0) is 12.0 Å². The minimum absolute atomic E-state index is 0.00545. The second-order valence-electron chi connectivity index (χ2n) is 6.03. The highest BCUT2D eigenvalue weighted by atomic mass is 32.1. The van der Waals surface area contributed by atoms with Gasteiger partial charge in [0.25, 0.3) is 0 Å². The molecule has 1 atom stereocenters. The molecule has 0 bridgehead atoms. The minimum atomic E-state index is -0.0123. The first-order chi connectivity index (χ1) is 11.1. The van der Waals surface area contributed by atoms with Crippen molar-refractivity contribution in [2.75, 3.05) is 24.3 Å². The van der Waals surface area contributed by atoms with E-state index in [-0.39, 0.29) is 11.8 Å². The first-order valence-electron chi connectivity index (χ1n) is 7.78. The first kappa shape index (κ1) is 15.8. The number of hydrogen-bond donors (Lipinski definition) is 2. The molecule has 2 heterocycles. The smallest absolute Gasteiger partial charge is 0.226 e. The number of aromatic nitrogens is 1. The lowest BCUT2D eigenvalue weighted by Gasteiger charge is -2.24. The van der Waals surface area contributed by atoms with Crippen LogP contribution in [0, 0.1) is 5.92 Å². The van der Waals surface area contributed by atoms with Crippen LogP contribution in [-0.4, -0.2) is 24.5 Å². The van der Waals surface area contributed by atoms with Crippen LogP contribution in [0.4, 0.5) is 10.9 Å². The predicted molar refractivity (Wildman–Crippen MR) is 93.5 cm³/mol. The molecule has 2 aromatic rings. The molecule has 0 fully saturated rings. The maximum atomic E-state index is 12.1. The van der Waals surface area contributed by atoms with Gasteiger partial charge in [0.15, 0.2) is 5.13 Å². The van der Waals surface area contributed by atoms with E-state index in [2.05, 4.69) is 29.5 Å². The Kier molecular flexibility index (Phi) is 4.52. The van der Waals surface area contributed by atoms with Crippen molar-refractivity contribution in [3.8, 4) is 5.75 Å². The van der Waals surface area contributed by atoms with Gasteiger partial charge in [-0.2, -0.15) is 0 Å². The normalized spacial score (nSPS) is 16.9. The van der Waals surface area contributed by atoms with Crippen molar-refractivity contribution in [1.29, 1.82) is 0 Å². The van der Waals surface area contributed by atoms with Gasteiger partial charge in [-0.15, -0.1) is 0 Å². The van der Waals surface area contributed by atoms with Gasteiger partial charge < -0.3 is 15.4 Å². The Balaban J connectivity index is 1.98. The number of anilines is 2. The van der Waals surface area contributed by atoms with Crippen LogP contribution < -0.4 is 15.4 Å². The average molecular weight is 331 g/mol. The quantitative estimate of drug-likeness (QED) is 0.877. The summed E-state index contributed by atoms with van der Waals surface area (Å²) in [6.45, 7) is 4.90. The Hall–Kier alpha value is -2.08. The molecule has 6 heteroatoms. The predicted octanol–water partition coefficient (Wildman–Crippen LogP) is 3.69. The van der Waals surface area contributed by atoms with E-state index in [4.69, 9.17) is 4.74 Å². The summed E-state index contributed by atoms with van der Waals surface area (Å²) in [4.78, 5) is 17.6. The summed E-state index contributed by atoms with van der Waals surface area (Å²) in [5.74, 6) is 1.95. The molecular formula is C17H21N3O2S. The van der Waals surface area contributed by atoms with E-state index in [9.17, 15) is 4.79 Å². The van der Waals surface area contributed by atoms with Gasteiger partial charge in [0.1, 0.15) is 11.6 Å². The number of amides is 1. The van der Waals surface area contributed by atoms with Gasteiger partial charge >= 0.3 is 0 Å².